The van der Waals surface area contributed by atoms with Crippen LogP contribution in [0.15, 0.2) is 18.2 Å². The van der Waals surface area contributed by atoms with Crippen LogP contribution in [0.1, 0.15) is 103 Å². The lowest BCUT2D eigenvalue weighted by atomic mass is 9.92. The number of alkyl carbamates (subject to hydrolysis) is 1. The molecule has 1 rings (SSSR count). The van der Waals surface area contributed by atoms with Crippen molar-refractivity contribution in [3.63, 3.8) is 0 Å². The first-order valence-electron chi connectivity index (χ1n) is 13.8. The Morgan fingerprint density at radius 3 is 2.11 bits per heavy atom. The van der Waals surface area contributed by atoms with E-state index in [2.05, 4.69) is 17.6 Å². The molecule has 2 unspecified atom stereocenters. The van der Waals surface area contributed by atoms with Crippen molar-refractivity contribution in [2.24, 2.45) is 0 Å². The maximum Gasteiger partial charge on any atom is 0.408 e. The molecule has 0 bridgehead atoms. The Balaban J connectivity index is 3.60. The van der Waals surface area contributed by atoms with Gasteiger partial charge in [-0.15, -0.1) is 0 Å². The van der Waals surface area contributed by atoms with E-state index in [0.29, 0.717) is 18.7 Å². The second-order valence-electron chi connectivity index (χ2n) is 12.0. The SMILES string of the molecule is CCCCCCN(C(=O)C(CCSC)NC(=O)OC(C)(C)C)C(C(=O)NC(C)(C)C)c1c(C)cccc1C. The quantitative estimate of drug-likeness (QED) is 0.281. The van der Waals surface area contributed by atoms with E-state index in [4.69, 9.17) is 4.74 Å². The highest BCUT2D eigenvalue weighted by Crippen LogP contribution is 2.30. The lowest BCUT2D eigenvalue weighted by Gasteiger charge is -2.37. The van der Waals surface area contributed by atoms with E-state index >= 15 is 0 Å². The minimum absolute atomic E-state index is 0.223. The summed E-state index contributed by atoms with van der Waals surface area (Å²) in [6, 6.07) is 4.29. The van der Waals surface area contributed by atoms with Crippen molar-refractivity contribution in [3.8, 4) is 0 Å². The third kappa shape index (κ3) is 11.7. The van der Waals surface area contributed by atoms with Crippen molar-refractivity contribution in [1.29, 1.82) is 0 Å². The number of benzene rings is 1. The summed E-state index contributed by atoms with van der Waals surface area (Å²) in [7, 11) is 0. The molecule has 0 aliphatic heterocycles. The highest BCUT2D eigenvalue weighted by atomic mass is 32.2. The summed E-state index contributed by atoms with van der Waals surface area (Å²) in [5.74, 6) is 0.190. The molecule has 7 nitrogen and oxygen atoms in total. The van der Waals surface area contributed by atoms with Crippen LogP contribution in [-0.2, 0) is 14.3 Å². The highest BCUT2D eigenvalue weighted by Gasteiger charge is 2.38. The van der Waals surface area contributed by atoms with Crippen LogP contribution < -0.4 is 10.6 Å². The van der Waals surface area contributed by atoms with Crippen LogP contribution in [0.2, 0.25) is 0 Å². The van der Waals surface area contributed by atoms with E-state index in [1.54, 1.807) is 37.4 Å². The molecule has 3 amide bonds. The van der Waals surface area contributed by atoms with Gasteiger partial charge in [-0.3, -0.25) is 9.59 Å². The molecule has 1 aromatic carbocycles. The number of ether oxygens (including phenoxy) is 1. The number of thioether (sulfide) groups is 1. The van der Waals surface area contributed by atoms with E-state index in [-0.39, 0.29) is 11.8 Å². The third-order valence-electron chi connectivity index (χ3n) is 6.01. The van der Waals surface area contributed by atoms with Crippen molar-refractivity contribution in [1.82, 2.24) is 15.5 Å². The monoisotopic (exact) mass is 549 g/mol. The van der Waals surface area contributed by atoms with E-state index in [0.717, 1.165) is 42.4 Å². The number of carbonyl (C=O) groups is 3. The fourth-order valence-electron chi connectivity index (χ4n) is 4.34. The summed E-state index contributed by atoms with van der Waals surface area (Å²) in [6.45, 7) is 17.7. The summed E-state index contributed by atoms with van der Waals surface area (Å²) in [4.78, 5) is 42.6. The molecule has 0 spiro atoms. The van der Waals surface area contributed by atoms with Crippen LogP contribution in [0, 0.1) is 13.8 Å². The Bertz CT molecular complexity index is 901. The zero-order valence-corrected chi connectivity index (χ0v) is 26.1. The smallest absolute Gasteiger partial charge is 0.408 e. The number of hydrogen-bond donors (Lipinski definition) is 2. The number of rotatable bonds is 13. The van der Waals surface area contributed by atoms with Gasteiger partial charge in [0, 0.05) is 12.1 Å². The van der Waals surface area contributed by atoms with Gasteiger partial charge in [0.1, 0.15) is 17.7 Å². The summed E-state index contributed by atoms with van der Waals surface area (Å²) >= 11 is 1.61. The number of hydrogen-bond acceptors (Lipinski definition) is 5. The topological polar surface area (TPSA) is 87.7 Å². The Morgan fingerprint density at radius 2 is 1.61 bits per heavy atom. The Hall–Kier alpha value is -2.22. The molecule has 0 radical (unpaired) electrons. The van der Waals surface area contributed by atoms with Gasteiger partial charge in [0.05, 0.1) is 0 Å². The molecule has 2 atom stereocenters. The first-order valence-corrected chi connectivity index (χ1v) is 15.2. The van der Waals surface area contributed by atoms with E-state index in [1.165, 1.54) is 0 Å². The Morgan fingerprint density at radius 1 is 1.00 bits per heavy atom. The van der Waals surface area contributed by atoms with E-state index in [9.17, 15) is 14.4 Å². The standard InChI is InChI=1S/C30H51N3O4S/c1-11-12-13-14-19-33(27(35)23(18-20-38-10)31-28(36)37-30(7,8)9)25(26(34)32-29(4,5)6)24-21(2)16-15-17-22(24)3/h15-17,23,25H,11-14,18-20H2,1-10H3,(H,31,36)(H,32,34). The van der Waals surface area contributed by atoms with Crippen LogP contribution >= 0.6 is 11.8 Å². The maximum absolute atomic E-state index is 14.3. The minimum atomic E-state index is -0.818. The van der Waals surface area contributed by atoms with E-state index < -0.39 is 29.3 Å². The minimum Gasteiger partial charge on any atom is -0.444 e. The van der Waals surface area contributed by atoms with Gasteiger partial charge in [-0.05, 0) is 96.9 Å². The zero-order valence-electron chi connectivity index (χ0n) is 25.3. The fraction of sp³-hybridized carbons (Fsp3) is 0.700. The van der Waals surface area contributed by atoms with Gasteiger partial charge >= 0.3 is 6.09 Å². The number of amides is 3. The second-order valence-corrected chi connectivity index (χ2v) is 13.0. The average Bonchev–Trinajstić information content (AvgIpc) is 2.77. The van der Waals surface area contributed by atoms with Crippen molar-refractivity contribution in [2.45, 2.75) is 118 Å². The first-order chi connectivity index (χ1) is 17.6. The van der Waals surface area contributed by atoms with Gasteiger partial charge in [0.2, 0.25) is 11.8 Å². The summed E-state index contributed by atoms with van der Waals surface area (Å²) < 4.78 is 5.48. The number of unbranched alkanes of at least 4 members (excludes halogenated alkanes) is 3. The van der Waals surface area contributed by atoms with Crippen LogP contribution in [0.5, 0.6) is 0 Å². The molecule has 0 heterocycles. The molecule has 0 aromatic heterocycles. The predicted octanol–water partition coefficient (Wildman–Crippen LogP) is 6.31. The molecule has 0 fully saturated rings. The number of nitrogens with zero attached hydrogens (tertiary/aromatic N) is 1. The molecular weight excluding hydrogens is 498 g/mol. The highest BCUT2D eigenvalue weighted by molar-refractivity contribution is 7.98. The largest absolute Gasteiger partial charge is 0.444 e. The van der Waals surface area contributed by atoms with Crippen molar-refractivity contribution >= 4 is 29.7 Å². The molecule has 0 aliphatic rings. The van der Waals surface area contributed by atoms with Gasteiger partial charge in [-0.25, -0.2) is 4.79 Å². The van der Waals surface area contributed by atoms with Gasteiger partial charge < -0.3 is 20.3 Å². The van der Waals surface area contributed by atoms with Gasteiger partial charge in [0.15, 0.2) is 0 Å². The van der Waals surface area contributed by atoms with Crippen LogP contribution in [0.4, 0.5) is 4.79 Å². The molecule has 0 saturated carbocycles. The van der Waals surface area contributed by atoms with Gasteiger partial charge in [0.25, 0.3) is 0 Å². The molecular formula is C30H51N3O4S. The molecule has 0 saturated heterocycles. The number of aryl methyl sites for hydroxylation is 2. The molecule has 0 aliphatic carbocycles. The molecule has 1 aromatic rings. The van der Waals surface area contributed by atoms with Crippen LogP contribution in [0.25, 0.3) is 0 Å². The molecule has 38 heavy (non-hydrogen) atoms. The number of carbonyl (C=O) groups excluding carboxylic acids is 3. The molecule has 8 heteroatoms. The second kappa shape index (κ2) is 15.4. The Kier molecular flexibility index (Phi) is 13.7. The summed E-state index contributed by atoms with van der Waals surface area (Å²) in [6.07, 6.45) is 5.61. The van der Waals surface area contributed by atoms with E-state index in [1.807, 2.05) is 59.1 Å². The van der Waals surface area contributed by atoms with Gasteiger partial charge in [-0.2, -0.15) is 11.8 Å². The zero-order chi connectivity index (χ0) is 29.1. The normalized spacial score (nSPS) is 13.4. The van der Waals surface area contributed by atoms with Crippen molar-refractivity contribution in [2.75, 3.05) is 18.6 Å². The average molecular weight is 550 g/mol. The Labute approximate surface area is 235 Å². The van der Waals surface area contributed by atoms with Crippen LogP contribution in [-0.4, -0.2) is 58.5 Å². The lowest BCUT2D eigenvalue weighted by molar-refractivity contribution is -0.143. The summed E-state index contributed by atoms with van der Waals surface area (Å²) in [5.41, 5.74) is 1.57. The fourth-order valence-corrected chi connectivity index (χ4v) is 4.82. The maximum atomic E-state index is 14.3. The predicted molar refractivity (Wildman–Crippen MR) is 159 cm³/mol. The van der Waals surface area contributed by atoms with Crippen molar-refractivity contribution in [3.05, 3.63) is 34.9 Å². The van der Waals surface area contributed by atoms with Gasteiger partial charge in [-0.1, -0.05) is 44.4 Å². The molecule has 2 N–H and O–H groups in total. The lowest BCUT2D eigenvalue weighted by Crippen LogP contribution is -2.55. The van der Waals surface area contributed by atoms with Crippen LogP contribution in [0.3, 0.4) is 0 Å². The number of nitrogens with one attached hydrogen (secondary N) is 2. The third-order valence-corrected chi connectivity index (χ3v) is 6.65. The molecule has 216 valence electrons. The first kappa shape index (κ1) is 33.8. The van der Waals surface area contributed by atoms with Crippen molar-refractivity contribution < 1.29 is 19.1 Å². The summed E-state index contributed by atoms with van der Waals surface area (Å²) in [5, 5.41) is 5.93.